The number of carbonyl (C=O) groups is 3. The molecule has 1 spiro atoms. The number of hydrogen-bond acceptors (Lipinski definition) is 5. The molecule has 0 heterocycles. The molecule has 3 unspecified atom stereocenters. The fourth-order valence-electron chi connectivity index (χ4n) is 5.10. The van der Waals surface area contributed by atoms with Crippen LogP contribution in [-0.4, -0.2) is 33.0 Å². The van der Waals surface area contributed by atoms with Crippen molar-refractivity contribution < 1.29 is 29.7 Å². The summed E-state index contributed by atoms with van der Waals surface area (Å²) in [5.41, 5.74) is -0.502. The second kappa shape index (κ2) is 8.45. The summed E-state index contributed by atoms with van der Waals surface area (Å²) in [6.07, 6.45) is 6.74. The predicted octanol–water partition coefficient (Wildman–Crippen LogP) is 4.66. The van der Waals surface area contributed by atoms with Crippen LogP contribution in [-0.2, 0) is 9.59 Å². The largest absolute Gasteiger partial charge is 0.506 e. The number of allylic oxidation sites excluding steroid dienone is 3. The van der Waals surface area contributed by atoms with Crippen LogP contribution in [0.5, 0.6) is 11.5 Å². The van der Waals surface area contributed by atoms with Crippen molar-refractivity contribution in [1.82, 2.24) is 0 Å². The predicted molar refractivity (Wildman–Crippen MR) is 121 cm³/mol. The minimum atomic E-state index is -1.38. The molecule has 1 aromatic rings. The minimum Gasteiger partial charge on any atom is -0.506 e. The van der Waals surface area contributed by atoms with Crippen molar-refractivity contribution in [2.24, 2.45) is 22.7 Å². The molecular formula is C25H31NO6. The summed E-state index contributed by atoms with van der Waals surface area (Å²) in [7, 11) is 0. The molecule has 0 radical (unpaired) electrons. The number of phenols is 2. The van der Waals surface area contributed by atoms with E-state index in [0.717, 1.165) is 31.4 Å². The normalized spacial score (nSPS) is 29.8. The average Bonchev–Trinajstić information content (AvgIpc) is 2.74. The SMILES string of the molecule is C=C1CC2(C=CC(=O)[C@@](C)(CCC(=O)Nc3c(O)ccc(C(=O)O)c3O)C2C)CCC1C. The number of aromatic carboxylic acids is 1. The Labute approximate surface area is 187 Å². The molecule has 32 heavy (non-hydrogen) atoms. The van der Waals surface area contributed by atoms with Crippen LogP contribution in [0, 0.1) is 22.7 Å². The molecule has 0 aromatic heterocycles. The van der Waals surface area contributed by atoms with Crippen LogP contribution >= 0.6 is 0 Å². The highest BCUT2D eigenvalue weighted by molar-refractivity contribution is 6.00. The van der Waals surface area contributed by atoms with Gasteiger partial charge in [0.25, 0.3) is 0 Å². The minimum absolute atomic E-state index is 0.00157. The van der Waals surface area contributed by atoms with Crippen LogP contribution in [0.15, 0.2) is 36.4 Å². The summed E-state index contributed by atoms with van der Waals surface area (Å²) in [5.74, 6) is -2.62. The molecule has 2 aliphatic carbocycles. The number of aromatic hydroxyl groups is 2. The van der Waals surface area contributed by atoms with Gasteiger partial charge in [0, 0.05) is 11.8 Å². The van der Waals surface area contributed by atoms with Crippen LogP contribution in [0.3, 0.4) is 0 Å². The first kappa shape index (κ1) is 23.6. The number of carboxylic acids is 1. The first-order valence-electron chi connectivity index (χ1n) is 10.9. The quantitative estimate of drug-likeness (QED) is 0.389. The van der Waals surface area contributed by atoms with E-state index in [1.807, 2.05) is 13.0 Å². The summed E-state index contributed by atoms with van der Waals surface area (Å²) in [6.45, 7) is 10.4. The van der Waals surface area contributed by atoms with E-state index < -0.39 is 34.4 Å². The number of nitrogens with one attached hydrogen (secondary N) is 1. The number of hydrogen-bond donors (Lipinski definition) is 4. The molecule has 1 fully saturated rings. The van der Waals surface area contributed by atoms with Gasteiger partial charge in [0.2, 0.25) is 5.91 Å². The van der Waals surface area contributed by atoms with E-state index in [-0.39, 0.29) is 35.6 Å². The standard InChI is InChI=1S/C25H31NO6/c1-14-7-11-25(13-15(14)2)12-8-19(28)24(4,16(25)3)10-9-20(29)26-21-18(27)6-5-17(22(21)30)23(31)32/h5-6,8,12,14,16,27,30H,2,7,9-11,13H2,1,3-4H3,(H,26,29)(H,31,32)/t14?,16?,24-,25?/m0/s1. The van der Waals surface area contributed by atoms with Crippen molar-refractivity contribution in [3.63, 3.8) is 0 Å². The van der Waals surface area contributed by atoms with Gasteiger partial charge in [-0.2, -0.15) is 0 Å². The first-order valence-corrected chi connectivity index (χ1v) is 10.9. The average molecular weight is 442 g/mol. The molecule has 1 saturated carbocycles. The van der Waals surface area contributed by atoms with Crippen molar-refractivity contribution in [2.45, 2.75) is 52.9 Å². The molecule has 0 bridgehead atoms. The smallest absolute Gasteiger partial charge is 0.339 e. The highest BCUT2D eigenvalue weighted by Crippen LogP contribution is 2.56. The van der Waals surface area contributed by atoms with Gasteiger partial charge in [-0.25, -0.2) is 4.79 Å². The maximum Gasteiger partial charge on any atom is 0.339 e. The number of benzene rings is 1. The number of ketones is 1. The van der Waals surface area contributed by atoms with Gasteiger partial charge in [-0.1, -0.05) is 39.0 Å². The molecule has 7 nitrogen and oxygen atoms in total. The van der Waals surface area contributed by atoms with Crippen molar-refractivity contribution >= 4 is 23.3 Å². The molecule has 4 N–H and O–H groups in total. The number of carbonyl (C=O) groups excluding carboxylic acids is 2. The fourth-order valence-corrected chi connectivity index (χ4v) is 5.10. The molecule has 2 aliphatic rings. The zero-order valence-corrected chi connectivity index (χ0v) is 18.8. The Kier molecular flexibility index (Phi) is 6.22. The molecule has 7 heteroatoms. The van der Waals surface area contributed by atoms with Gasteiger partial charge in [0.1, 0.15) is 17.0 Å². The molecule has 3 rings (SSSR count). The van der Waals surface area contributed by atoms with Crippen LogP contribution in [0.2, 0.25) is 0 Å². The number of phenolic OH excluding ortho intramolecular Hbond substituents is 1. The lowest BCUT2D eigenvalue weighted by atomic mass is 9.51. The van der Waals surface area contributed by atoms with E-state index in [9.17, 15) is 24.6 Å². The lowest BCUT2D eigenvalue weighted by Crippen LogP contribution is -2.48. The Morgan fingerprint density at radius 3 is 2.56 bits per heavy atom. The number of rotatable bonds is 5. The third-order valence-electron chi connectivity index (χ3n) is 7.77. The summed E-state index contributed by atoms with van der Waals surface area (Å²) in [6, 6.07) is 2.15. The van der Waals surface area contributed by atoms with Crippen LogP contribution in [0.25, 0.3) is 0 Å². The summed E-state index contributed by atoms with van der Waals surface area (Å²) in [4.78, 5) is 36.7. The Morgan fingerprint density at radius 2 is 1.94 bits per heavy atom. The lowest BCUT2D eigenvalue weighted by molar-refractivity contribution is -0.131. The van der Waals surface area contributed by atoms with Crippen molar-refractivity contribution in [3.05, 3.63) is 42.0 Å². The van der Waals surface area contributed by atoms with E-state index in [1.54, 1.807) is 6.08 Å². The van der Waals surface area contributed by atoms with E-state index in [4.69, 9.17) is 5.11 Å². The van der Waals surface area contributed by atoms with Gasteiger partial charge < -0.3 is 20.6 Å². The Balaban J connectivity index is 1.76. The number of amides is 1. The summed E-state index contributed by atoms with van der Waals surface area (Å²) >= 11 is 0. The van der Waals surface area contributed by atoms with Gasteiger partial charge in [0.05, 0.1) is 0 Å². The summed E-state index contributed by atoms with van der Waals surface area (Å²) in [5, 5.41) is 31.6. The monoisotopic (exact) mass is 441 g/mol. The fraction of sp³-hybridized carbons (Fsp3) is 0.480. The number of carboxylic acid groups (broad SMARTS) is 1. The van der Waals surface area contributed by atoms with Gasteiger partial charge >= 0.3 is 5.97 Å². The Morgan fingerprint density at radius 1 is 1.25 bits per heavy atom. The second-order valence-corrected chi connectivity index (χ2v) is 9.55. The summed E-state index contributed by atoms with van der Waals surface area (Å²) < 4.78 is 0. The molecule has 1 amide bonds. The number of anilines is 1. The lowest BCUT2D eigenvalue weighted by Gasteiger charge is -2.51. The molecule has 172 valence electrons. The Hall–Kier alpha value is -3.09. The molecule has 0 saturated heterocycles. The zero-order valence-electron chi connectivity index (χ0n) is 18.8. The van der Waals surface area contributed by atoms with Crippen molar-refractivity contribution in [3.8, 4) is 11.5 Å². The first-order chi connectivity index (χ1) is 14.9. The van der Waals surface area contributed by atoms with Crippen LogP contribution in [0.4, 0.5) is 5.69 Å². The highest BCUT2D eigenvalue weighted by atomic mass is 16.4. The maximum atomic E-state index is 12.9. The molecular weight excluding hydrogens is 410 g/mol. The van der Waals surface area contributed by atoms with Crippen molar-refractivity contribution in [1.29, 1.82) is 0 Å². The van der Waals surface area contributed by atoms with Crippen molar-refractivity contribution in [2.75, 3.05) is 5.32 Å². The van der Waals surface area contributed by atoms with Gasteiger partial charge in [-0.15, -0.1) is 0 Å². The van der Waals surface area contributed by atoms with Gasteiger partial charge in [0.15, 0.2) is 11.5 Å². The van der Waals surface area contributed by atoms with Gasteiger partial charge in [-0.05, 0) is 61.1 Å². The second-order valence-electron chi connectivity index (χ2n) is 9.55. The third-order valence-corrected chi connectivity index (χ3v) is 7.77. The molecule has 1 aromatic carbocycles. The zero-order chi connectivity index (χ0) is 23.8. The highest BCUT2D eigenvalue weighted by Gasteiger charge is 2.51. The Bertz CT molecular complexity index is 1010. The van der Waals surface area contributed by atoms with Gasteiger partial charge in [-0.3, -0.25) is 9.59 Å². The van der Waals surface area contributed by atoms with Crippen LogP contribution < -0.4 is 5.32 Å². The van der Waals surface area contributed by atoms with E-state index in [0.29, 0.717) is 5.92 Å². The topological polar surface area (TPSA) is 124 Å². The third kappa shape index (κ3) is 4.04. The van der Waals surface area contributed by atoms with E-state index in [1.165, 1.54) is 5.57 Å². The molecule has 0 aliphatic heterocycles. The maximum absolute atomic E-state index is 12.9. The molecule has 4 atom stereocenters. The van der Waals surface area contributed by atoms with E-state index in [2.05, 4.69) is 25.7 Å². The van der Waals surface area contributed by atoms with E-state index >= 15 is 0 Å². The van der Waals surface area contributed by atoms with Crippen LogP contribution in [0.1, 0.15) is 63.2 Å².